The lowest BCUT2D eigenvalue weighted by atomic mass is 10.2. The number of carbonyl (C=O) groups is 2. The van der Waals surface area contributed by atoms with Gasteiger partial charge in [-0.25, -0.2) is 4.79 Å². The highest BCUT2D eigenvalue weighted by Crippen LogP contribution is 2.34. The maximum absolute atomic E-state index is 12.2. The maximum Gasteiger partial charge on any atom is 0.331 e. The van der Waals surface area contributed by atoms with Gasteiger partial charge in [-0.05, 0) is 42.5 Å². The molecule has 0 unspecified atom stereocenters. The Morgan fingerprint density at radius 2 is 2.00 bits per heavy atom. The molecular weight excluding hydrogens is 384 g/mol. The number of fused-ring (bicyclic) bond motifs is 1. The number of hydrogen-bond donors (Lipinski definition) is 1. The number of ether oxygens (including phenoxy) is 1. The van der Waals surface area contributed by atoms with Crippen LogP contribution >= 0.6 is 27.5 Å². The van der Waals surface area contributed by atoms with Crippen LogP contribution in [0, 0.1) is 0 Å². The Bertz CT molecular complexity index is 764. The molecule has 5 nitrogen and oxygen atoms in total. The van der Waals surface area contributed by atoms with Crippen molar-refractivity contribution in [1.82, 2.24) is 0 Å². The topological polar surface area (TPSA) is 58.6 Å². The van der Waals surface area contributed by atoms with Gasteiger partial charge in [-0.2, -0.15) is 0 Å². The summed E-state index contributed by atoms with van der Waals surface area (Å²) >= 11 is 9.33. The van der Waals surface area contributed by atoms with E-state index in [-0.39, 0.29) is 19.0 Å². The summed E-state index contributed by atoms with van der Waals surface area (Å²) in [6, 6.07) is 12.2. The minimum atomic E-state index is -0.406. The van der Waals surface area contributed by atoms with E-state index in [9.17, 15) is 9.59 Å². The minimum Gasteiger partial charge on any atom is -0.423 e. The molecule has 0 radical (unpaired) electrons. The number of rotatable bonds is 3. The number of halogens is 2. The van der Waals surface area contributed by atoms with E-state index < -0.39 is 5.97 Å². The predicted molar refractivity (Wildman–Crippen MR) is 92.1 cm³/mol. The zero-order valence-corrected chi connectivity index (χ0v) is 14.2. The van der Waals surface area contributed by atoms with Crippen molar-refractivity contribution in [2.75, 3.05) is 23.3 Å². The first-order valence-corrected chi connectivity index (χ1v) is 7.99. The highest BCUT2D eigenvalue weighted by Gasteiger charge is 2.25. The number of hydrogen-bond acceptors (Lipinski definition) is 4. The van der Waals surface area contributed by atoms with Crippen molar-refractivity contribution in [3.8, 4) is 5.75 Å². The molecule has 0 saturated carbocycles. The normalized spacial score (nSPS) is 13.3. The van der Waals surface area contributed by atoms with Gasteiger partial charge in [0.25, 0.3) is 0 Å². The summed E-state index contributed by atoms with van der Waals surface area (Å²) in [6.07, 6.45) is 0. The lowest BCUT2D eigenvalue weighted by Gasteiger charge is -2.29. The molecule has 0 fully saturated rings. The van der Waals surface area contributed by atoms with E-state index in [1.54, 1.807) is 35.2 Å². The maximum atomic E-state index is 12.2. The van der Waals surface area contributed by atoms with Crippen molar-refractivity contribution in [2.45, 2.75) is 0 Å². The van der Waals surface area contributed by atoms with E-state index >= 15 is 0 Å². The van der Waals surface area contributed by atoms with Crippen molar-refractivity contribution in [3.63, 3.8) is 0 Å². The fraction of sp³-hybridized carbons (Fsp3) is 0.125. The molecule has 0 aromatic heterocycles. The standard InChI is InChI=1S/C16H12BrClN2O3/c17-10-1-4-12(5-2-10)19-15(21)8-20-9-16(22)23-14-6-3-11(18)7-13(14)20/h1-7H,8-9H2,(H,19,21). The molecule has 7 heteroatoms. The second-order valence-corrected chi connectivity index (χ2v) is 6.35. The number of amides is 1. The molecule has 0 spiro atoms. The molecule has 2 aromatic carbocycles. The fourth-order valence-electron chi connectivity index (χ4n) is 2.27. The van der Waals surface area contributed by atoms with Gasteiger partial charge in [0.2, 0.25) is 5.91 Å². The molecule has 1 N–H and O–H groups in total. The summed E-state index contributed by atoms with van der Waals surface area (Å²) in [4.78, 5) is 25.5. The van der Waals surface area contributed by atoms with Crippen LogP contribution in [-0.4, -0.2) is 25.0 Å². The molecule has 1 aliphatic rings. The van der Waals surface area contributed by atoms with Crippen LogP contribution in [0.4, 0.5) is 11.4 Å². The van der Waals surface area contributed by atoms with Crippen LogP contribution in [0.5, 0.6) is 5.75 Å². The second-order valence-electron chi connectivity index (χ2n) is 5.00. The molecule has 2 aromatic rings. The highest BCUT2D eigenvalue weighted by atomic mass is 79.9. The number of carbonyl (C=O) groups excluding carboxylic acids is 2. The van der Waals surface area contributed by atoms with Gasteiger partial charge in [0, 0.05) is 15.2 Å². The Morgan fingerprint density at radius 3 is 2.74 bits per heavy atom. The van der Waals surface area contributed by atoms with Crippen LogP contribution in [0.1, 0.15) is 0 Å². The molecule has 0 aliphatic carbocycles. The van der Waals surface area contributed by atoms with Gasteiger partial charge in [0.1, 0.15) is 6.54 Å². The van der Waals surface area contributed by atoms with E-state index in [0.29, 0.717) is 22.1 Å². The summed E-state index contributed by atoms with van der Waals surface area (Å²) in [5, 5.41) is 3.30. The highest BCUT2D eigenvalue weighted by molar-refractivity contribution is 9.10. The fourth-order valence-corrected chi connectivity index (χ4v) is 2.70. The van der Waals surface area contributed by atoms with Crippen molar-refractivity contribution >= 4 is 50.8 Å². The summed E-state index contributed by atoms with van der Waals surface area (Å²) < 4.78 is 6.08. The van der Waals surface area contributed by atoms with Gasteiger partial charge in [-0.3, -0.25) is 4.79 Å². The molecule has 0 bridgehead atoms. The van der Waals surface area contributed by atoms with Gasteiger partial charge in [0.15, 0.2) is 5.75 Å². The monoisotopic (exact) mass is 394 g/mol. The first kappa shape index (κ1) is 15.8. The largest absolute Gasteiger partial charge is 0.423 e. The van der Waals surface area contributed by atoms with E-state index in [0.717, 1.165) is 4.47 Å². The molecule has 3 rings (SSSR count). The van der Waals surface area contributed by atoms with Crippen molar-refractivity contribution in [1.29, 1.82) is 0 Å². The summed E-state index contributed by atoms with van der Waals surface area (Å²) in [5.74, 6) is -0.230. The van der Waals surface area contributed by atoms with Crippen LogP contribution in [0.15, 0.2) is 46.9 Å². The predicted octanol–water partition coefficient (Wildman–Crippen LogP) is 3.47. The van der Waals surface area contributed by atoms with Crippen LogP contribution in [0.3, 0.4) is 0 Å². The summed E-state index contributed by atoms with van der Waals surface area (Å²) in [6.45, 7) is 0.0274. The van der Waals surface area contributed by atoms with Gasteiger partial charge in [-0.1, -0.05) is 27.5 Å². The van der Waals surface area contributed by atoms with E-state index in [1.807, 2.05) is 12.1 Å². The first-order valence-electron chi connectivity index (χ1n) is 6.82. The smallest absolute Gasteiger partial charge is 0.331 e. The lowest BCUT2D eigenvalue weighted by molar-refractivity contribution is -0.133. The number of nitrogens with zero attached hydrogens (tertiary/aromatic N) is 1. The molecule has 1 amide bonds. The van der Waals surface area contributed by atoms with Gasteiger partial charge < -0.3 is 15.0 Å². The van der Waals surface area contributed by atoms with Gasteiger partial charge in [-0.15, -0.1) is 0 Å². The SMILES string of the molecule is O=C(CN1CC(=O)Oc2ccc(Cl)cc21)Nc1ccc(Br)cc1. The third kappa shape index (κ3) is 3.83. The van der Waals surface area contributed by atoms with Gasteiger partial charge >= 0.3 is 5.97 Å². The minimum absolute atomic E-state index is 0.00109. The average molecular weight is 396 g/mol. The second kappa shape index (κ2) is 6.60. The van der Waals surface area contributed by atoms with Crippen molar-refractivity contribution < 1.29 is 14.3 Å². The van der Waals surface area contributed by atoms with E-state index in [1.165, 1.54) is 0 Å². The van der Waals surface area contributed by atoms with Gasteiger partial charge in [0.05, 0.1) is 12.2 Å². The van der Waals surface area contributed by atoms with Crippen molar-refractivity contribution in [2.24, 2.45) is 0 Å². The van der Waals surface area contributed by atoms with Crippen LogP contribution in [0.25, 0.3) is 0 Å². The van der Waals surface area contributed by atoms with E-state index in [2.05, 4.69) is 21.2 Å². The zero-order chi connectivity index (χ0) is 16.4. The van der Waals surface area contributed by atoms with E-state index in [4.69, 9.17) is 16.3 Å². The first-order chi connectivity index (χ1) is 11.0. The van der Waals surface area contributed by atoms with Crippen LogP contribution in [-0.2, 0) is 9.59 Å². The van der Waals surface area contributed by atoms with Crippen LogP contribution in [0.2, 0.25) is 5.02 Å². The molecule has 23 heavy (non-hydrogen) atoms. The number of benzene rings is 2. The molecule has 0 atom stereocenters. The Morgan fingerprint density at radius 1 is 1.26 bits per heavy atom. The quantitative estimate of drug-likeness (QED) is 0.639. The number of nitrogens with one attached hydrogen (secondary N) is 1. The number of esters is 1. The summed E-state index contributed by atoms with van der Waals surface area (Å²) in [5.41, 5.74) is 1.31. The molecular formula is C16H12BrClN2O3. The molecule has 1 heterocycles. The Hall–Kier alpha value is -2.05. The Balaban J connectivity index is 1.74. The average Bonchev–Trinajstić information content (AvgIpc) is 2.50. The third-order valence-corrected chi connectivity index (χ3v) is 4.03. The summed E-state index contributed by atoms with van der Waals surface area (Å²) in [7, 11) is 0. The zero-order valence-electron chi connectivity index (χ0n) is 11.9. The molecule has 1 aliphatic heterocycles. The van der Waals surface area contributed by atoms with Crippen LogP contribution < -0.4 is 15.0 Å². The Kier molecular flexibility index (Phi) is 4.54. The Labute approximate surface area is 146 Å². The molecule has 0 saturated heterocycles. The molecule has 118 valence electrons. The third-order valence-electron chi connectivity index (χ3n) is 3.27. The number of anilines is 2. The van der Waals surface area contributed by atoms with Crippen molar-refractivity contribution in [3.05, 3.63) is 52.0 Å². The lowest BCUT2D eigenvalue weighted by Crippen LogP contribution is -2.41.